The van der Waals surface area contributed by atoms with Gasteiger partial charge in [-0.25, -0.2) is 0 Å². The van der Waals surface area contributed by atoms with Crippen LogP contribution in [0.4, 0.5) is 13.2 Å². The Morgan fingerprint density at radius 2 is 2.00 bits per heavy atom. The highest BCUT2D eigenvalue weighted by molar-refractivity contribution is 7.80. The number of halogens is 3. The van der Waals surface area contributed by atoms with Crippen LogP contribution < -0.4 is 10.6 Å². The van der Waals surface area contributed by atoms with E-state index in [4.69, 9.17) is 12.2 Å². The number of nitrogens with one attached hydrogen (secondary N) is 2. The van der Waals surface area contributed by atoms with Crippen molar-refractivity contribution < 1.29 is 23.1 Å². The number of carbonyl (C=O) groups is 1. The number of nitrogens with zero attached hydrogens (tertiary/aromatic N) is 1. The number of rotatable bonds is 3. The van der Waals surface area contributed by atoms with Gasteiger partial charge in [-0.3, -0.25) is 9.78 Å². The molecule has 0 unspecified atom stereocenters. The maximum atomic E-state index is 13.7. The van der Waals surface area contributed by atoms with E-state index in [0.717, 1.165) is 11.3 Å². The lowest BCUT2D eigenvalue weighted by molar-refractivity contribution is -0.285. The third-order valence-corrected chi connectivity index (χ3v) is 5.02. The minimum atomic E-state index is -5.12. The van der Waals surface area contributed by atoms with E-state index in [9.17, 15) is 23.1 Å². The highest BCUT2D eigenvalue weighted by Crippen LogP contribution is 2.44. The molecule has 2 aromatic heterocycles. The molecule has 25 heavy (non-hydrogen) atoms. The van der Waals surface area contributed by atoms with Crippen molar-refractivity contribution in [2.45, 2.75) is 17.9 Å². The summed E-state index contributed by atoms with van der Waals surface area (Å²) >= 11 is 5.84. The monoisotopic (exact) mass is 387 g/mol. The van der Waals surface area contributed by atoms with Crippen molar-refractivity contribution in [2.24, 2.45) is 5.92 Å². The number of aromatic nitrogens is 1. The number of alkyl halides is 3. The molecule has 1 saturated heterocycles. The lowest BCUT2D eigenvalue weighted by Crippen LogP contribution is -2.72. The molecular weight excluding hydrogens is 375 g/mol. The molecule has 3 atom stereocenters. The van der Waals surface area contributed by atoms with Gasteiger partial charge in [0.05, 0.1) is 10.9 Å². The summed E-state index contributed by atoms with van der Waals surface area (Å²) in [7, 11) is 0. The Hall–Kier alpha value is -2.04. The lowest BCUT2D eigenvalue weighted by atomic mass is 9.79. The molecule has 0 saturated carbocycles. The van der Waals surface area contributed by atoms with E-state index in [1.165, 1.54) is 30.6 Å². The fraction of sp³-hybridized carbons (Fsp3) is 0.267. The largest absolute Gasteiger partial charge is 0.437 e. The Morgan fingerprint density at radius 1 is 1.32 bits per heavy atom. The summed E-state index contributed by atoms with van der Waals surface area (Å²) in [4.78, 5) is 16.8. The van der Waals surface area contributed by atoms with Crippen LogP contribution in [0, 0.1) is 5.92 Å². The van der Waals surface area contributed by atoms with Gasteiger partial charge >= 0.3 is 6.18 Å². The first-order valence-electron chi connectivity index (χ1n) is 7.09. The summed E-state index contributed by atoms with van der Waals surface area (Å²) in [5.74, 6) is -2.71. The van der Waals surface area contributed by atoms with Crippen molar-refractivity contribution in [1.29, 1.82) is 0 Å². The summed E-state index contributed by atoms with van der Waals surface area (Å²) in [5, 5.41) is 16.1. The molecule has 0 spiro atoms. The van der Waals surface area contributed by atoms with Crippen LogP contribution in [0.1, 0.15) is 21.3 Å². The first-order chi connectivity index (χ1) is 11.7. The van der Waals surface area contributed by atoms with E-state index in [1.54, 1.807) is 11.4 Å². The van der Waals surface area contributed by atoms with Gasteiger partial charge in [0.2, 0.25) is 5.72 Å². The molecule has 3 rings (SSSR count). The molecule has 5 nitrogen and oxygen atoms in total. The van der Waals surface area contributed by atoms with Crippen LogP contribution in [0.25, 0.3) is 0 Å². The molecule has 1 fully saturated rings. The molecular formula is C15H12F3N3O2S2. The van der Waals surface area contributed by atoms with Gasteiger partial charge in [0.1, 0.15) is 5.92 Å². The van der Waals surface area contributed by atoms with Gasteiger partial charge in [-0.05, 0) is 41.4 Å². The standard InChI is InChI=1S/C15H12F3N3O2S2/c16-15(17,18)14(23)10(12(22)9-2-1-7-25-9)11(20-13(24)21-14)8-3-5-19-6-4-8/h1-7,10-11,23H,(H2,20,21,24)/t10-,11-,14-/m0/s1. The maximum Gasteiger partial charge on any atom is 0.437 e. The molecule has 0 bridgehead atoms. The van der Waals surface area contributed by atoms with Gasteiger partial charge in [-0.15, -0.1) is 11.3 Å². The fourth-order valence-electron chi connectivity index (χ4n) is 2.76. The van der Waals surface area contributed by atoms with E-state index in [1.807, 2.05) is 5.32 Å². The third kappa shape index (κ3) is 3.12. The van der Waals surface area contributed by atoms with E-state index in [-0.39, 0.29) is 4.88 Å². The van der Waals surface area contributed by atoms with Crippen molar-refractivity contribution in [3.8, 4) is 0 Å². The topological polar surface area (TPSA) is 74.2 Å². The molecule has 10 heteroatoms. The minimum Gasteiger partial charge on any atom is -0.363 e. The number of thiophene rings is 1. The number of hydrogen-bond donors (Lipinski definition) is 3. The molecule has 0 amide bonds. The van der Waals surface area contributed by atoms with Gasteiger partial charge in [-0.2, -0.15) is 13.2 Å². The quantitative estimate of drug-likeness (QED) is 0.555. The molecule has 1 aliphatic heterocycles. The SMILES string of the molecule is O=C(c1cccs1)[C@@H]1[C@H](c2ccncc2)NC(=S)N[C@@]1(O)C(F)(F)F. The first-order valence-corrected chi connectivity index (χ1v) is 8.38. The number of thiocarbonyl (C=S) groups is 1. The zero-order valence-corrected chi connectivity index (χ0v) is 14.1. The van der Waals surface area contributed by atoms with Crippen LogP contribution in [-0.2, 0) is 0 Å². The maximum absolute atomic E-state index is 13.7. The van der Waals surface area contributed by atoms with Crippen LogP contribution >= 0.6 is 23.6 Å². The molecule has 0 aliphatic carbocycles. The van der Waals surface area contributed by atoms with Crippen molar-refractivity contribution >= 4 is 34.5 Å². The smallest absolute Gasteiger partial charge is 0.363 e. The average Bonchev–Trinajstić information content (AvgIpc) is 3.08. The van der Waals surface area contributed by atoms with Crippen molar-refractivity contribution in [3.63, 3.8) is 0 Å². The van der Waals surface area contributed by atoms with Crippen LogP contribution in [0.15, 0.2) is 42.0 Å². The number of pyridine rings is 1. The fourth-order valence-corrected chi connectivity index (χ4v) is 3.75. The van der Waals surface area contributed by atoms with E-state index < -0.39 is 34.8 Å². The van der Waals surface area contributed by atoms with Gasteiger partial charge < -0.3 is 15.7 Å². The normalized spacial score (nSPS) is 26.6. The second-order valence-electron chi connectivity index (χ2n) is 5.44. The Labute approximate surface area is 149 Å². The molecule has 132 valence electrons. The number of aliphatic hydroxyl groups is 1. The predicted molar refractivity (Wildman–Crippen MR) is 89.0 cm³/mol. The second kappa shape index (κ2) is 6.36. The number of ketones is 1. The summed E-state index contributed by atoms with van der Waals surface area (Å²) < 4.78 is 41.0. The molecule has 3 heterocycles. The molecule has 0 radical (unpaired) electrons. The van der Waals surface area contributed by atoms with Crippen molar-refractivity contribution in [3.05, 3.63) is 52.5 Å². The van der Waals surface area contributed by atoms with Gasteiger partial charge in [0.25, 0.3) is 0 Å². The van der Waals surface area contributed by atoms with Crippen molar-refractivity contribution in [1.82, 2.24) is 15.6 Å². The minimum absolute atomic E-state index is 0.114. The Balaban J connectivity index is 2.15. The molecule has 2 aromatic rings. The number of hydrogen-bond acceptors (Lipinski definition) is 5. The highest BCUT2D eigenvalue weighted by atomic mass is 32.1. The zero-order chi connectivity index (χ0) is 18.2. The predicted octanol–water partition coefficient (Wildman–Crippen LogP) is 2.41. The Kier molecular flexibility index (Phi) is 4.52. The van der Waals surface area contributed by atoms with E-state index >= 15 is 0 Å². The lowest BCUT2D eigenvalue weighted by Gasteiger charge is -2.46. The van der Waals surface area contributed by atoms with Gasteiger partial charge in [0, 0.05) is 12.4 Å². The molecule has 0 aromatic carbocycles. The zero-order valence-electron chi connectivity index (χ0n) is 12.4. The second-order valence-corrected chi connectivity index (χ2v) is 6.80. The molecule has 3 N–H and O–H groups in total. The van der Waals surface area contributed by atoms with Gasteiger partial charge in [-0.1, -0.05) is 6.07 Å². The average molecular weight is 387 g/mol. The Bertz CT molecular complexity index is 783. The van der Waals surface area contributed by atoms with Crippen LogP contribution in [0.5, 0.6) is 0 Å². The van der Waals surface area contributed by atoms with Crippen LogP contribution in [-0.4, -0.2) is 32.9 Å². The third-order valence-electron chi connectivity index (χ3n) is 3.92. The van der Waals surface area contributed by atoms with Gasteiger partial charge in [0.15, 0.2) is 10.9 Å². The summed E-state index contributed by atoms with van der Waals surface area (Å²) in [5.41, 5.74) is -3.14. The van der Waals surface area contributed by atoms with E-state index in [0.29, 0.717) is 5.56 Å². The highest BCUT2D eigenvalue weighted by Gasteiger charge is 2.65. The summed E-state index contributed by atoms with van der Waals surface area (Å²) in [6, 6.07) is 4.74. The van der Waals surface area contributed by atoms with Crippen molar-refractivity contribution in [2.75, 3.05) is 0 Å². The van der Waals surface area contributed by atoms with Crippen LogP contribution in [0.2, 0.25) is 0 Å². The Morgan fingerprint density at radius 3 is 2.56 bits per heavy atom. The molecule has 1 aliphatic rings. The first kappa shape index (κ1) is 17.8. The summed E-state index contributed by atoms with van der Waals surface area (Å²) in [6.07, 6.45) is -2.34. The number of Topliss-reactive ketones (excluding diaryl/α,β-unsaturated/α-hetero) is 1. The van der Waals surface area contributed by atoms with E-state index in [2.05, 4.69) is 10.3 Å². The summed E-state index contributed by atoms with van der Waals surface area (Å²) in [6.45, 7) is 0. The van der Waals surface area contributed by atoms with Crippen LogP contribution in [0.3, 0.4) is 0 Å². The number of carbonyl (C=O) groups excluding carboxylic acids is 1.